The largest absolute Gasteiger partial charge is 0.364 e. The Bertz CT molecular complexity index is 826. The van der Waals surface area contributed by atoms with E-state index < -0.39 is 17.9 Å². The van der Waals surface area contributed by atoms with Crippen molar-refractivity contribution in [3.63, 3.8) is 0 Å². The SMILES string of the molecule is O=C(ON(OC(=O)c1ccncc1)OC(=O)c1ccncc1)c1ccncc1. The van der Waals surface area contributed by atoms with Crippen LogP contribution in [0.5, 0.6) is 0 Å². The third-order valence-corrected chi connectivity index (χ3v) is 3.22. The minimum atomic E-state index is -0.938. The molecule has 0 saturated carbocycles. The molecule has 0 spiro atoms. The summed E-state index contributed by atoms with van der Waals surface area (Å²) in [7, 11) is 0. The summed E-state index contributed by atoms with van der Waals surface area (Å²) in [6.45, 7) is 0. The van der Waals surface area contributed by atoms with Crippen LogP contribution in [0.2, 0.25) is 0 Å². The molecule has 0 aromatic carbocycles. The van der Waals surface area contributed by atoms with Crippen LogP contribution in [-0.2, 0) is 14.5 Å². The summed E-state index contributed by atoms with van der Waals surface area (Å²) in [5, 5.41) is 0.0499. The number of hydrogen-bond acceptors (Lipinski definition) is 10. The summed E-state index contributed by atoms with van der Waals surface area (Å²) in [6.07, 6.45) is 8.21. The fourth-order valence-electron chi connectivity index (χ4n) is 1.88. The van der Waals surface area contributed by atoms with Crippen molar-refractivity contribution in [1.82, 2.24) is 20.3 Å². The monoisotopic (exact) mass is 380 g/mol. The zero-order chi connectivity index (χ0) is 19.8. The first kappa shape index (κ1) is 18.6. The summed E-state index contributed by atoms with van der Waals surface area (Å²) in [4.78, 5) is 62.5. The predicted molar refractivity (Wildman–Crippen MR) is 90.8 cm³/mol. The minimum absolute atomic E-state index is 0.0499. The fraction of sp³-hybridized carbons (Fsp3) is 0. The van der Waals surface area contributed by atoms with E-state index in [1.807, 2.05) is 0 Å². The molecule has 0 bridgehead atoms. The van der Waals surface area contributed by atoms with E-state index in [0.29, 0.717) is 0 Å². The van der Waals surface area contributed by atoms with E-state index in [9.17, 15) is 14.4 Å². The maximum absolute atomic E-state index is 12.2. The topological polar surface area (TPSA) is 121 Å². The summed E-state index contributed by atoms with van der Waals surface area (Å²) >= 11 is 0. The van der Waals surface area contributed by atoms with Crippen molar-refractivity contribution < 1.29 is 28.9 Å². The Kier molecular flexibility index (Phi) is 5.95. The lowest BCUT2D eigenvalue weighted by atomic mass is 10.3. The molecule has 140 valence electrons. The third-order valence-electron chi connectivity index (χ3n) is 3.22. The van der Waals surface area contributed by atoms with Crippen molar-refractivity contribution in [1.29, 1.82) is 0 Å². The smallest absolute Gasteiger partial charge is 0.295 e. The van der Waals surface area contributed by atoms with Gasteiger partial charge in [0.2, 0.25) is 5.39 Å². The summed E-state index contributed by atoms with van der Waals surface area (Å²) in [6, 6.07) is 8.23. The van der Waals surface area contributed by atoms with Crippen molar-refractivity contribution in [2.45, 2.75) is 0 Å². The van der Waals surface area contributed by atoms with Crippen LogP contribution in [0.15, 0.2) is 73.6 Å². The van der Waals surface area contributed by atoms with Gasteiger partial charge in [-0.3, -0.25) is 29.5 Å². The van der Waals surface area contributed by atoms with Gasteiger partial charge in [0.05, 0.1) is 16.7 Å². The number of aromatic nitrogens is 3. The summed E-state index contributed by atoms with van der Waals surface area (Å²) in [5.41, 5.74) is 0.291. The number of carbonyl (C=O) groups is 3. The van der Waals surface area contributed by atoms with Crippen molar-refractivity contribution in [3.05, 3.63) is 90.3 Å². The molecule has 0 radical (unpaired) electrons. The normalized spacial score (nSPS) is 10.2. The lowest BCUT2D eigenvalue weighted by molar-refractivity contribution is -0.449. The van der Waals surface area contributed by atoms with Gasteiger partial charge in [-0.25, -0.2) is 14.4 Å². The van der Waals surface area contributed by atoms with Crippen LogP contribution in [0.4, 0.5) is 0 Å². The lowest BCUT2D eigenvalue weighted by Gasteiger charge is -2.17. The molecular weight excluding hydrogens is 368 g/mol. The number of hydrogen-bond donors (Lipinski definition) is 0. The molecule has 0 aliphatic carbocycles. The molecule has 0 N–H and O–H groups in total. The molecule has 0 unspecified atom stereocenters. The van der Waals surface area contributed by atoms with E-state index in [1.165, 1.54) is 73.6 Å². The molecule has 0 fully saturated rings. The number of carbonyl (C=O) groups excluding carboxylic acids is 3. The van der Waals surface area contributed by atoms with Crippen LogP contribution < -0.4 is 0 Å². The molecular formula is C18H12N4O6. The molecule has 0 aliphatic heterocycles. The summed E-state index contributed by atoms with van der Waals surface area (Å²) in [5.74, 6) is -2.81. The van der Waals surface area contributed by atoms with Gasteiger partial charge >= 0.3 is 17.9 Å². The van der Waals surface area contributed by atoms with Crippen LogP contribution in [0.3, 0.4) is 0 Å². The number of nitrogens with zero attached hydrogens (tertiary/aromatic N) is 4. The average molecular weight is 380 g/mol. The van der Waals surface area contributed by atoms with Gasteiger partial charge in [0, 0.05) is 37.2 Å². The second kappa shape index (κ2) is 8.96. The van der Waals surface area contributed by atoms with Crippen molar-refractivity contribution in [3.8, 4) is 0 Å². The highest BCUT2D eigenvalue weighted by Crippen LogP contribution is 2.10. The van der Waals surface area contributed by atoms with Crippen LogP contribution in [-0.4, -0.2) is 38.2 Å². The lowest BCUT2D eigenvalue weighted by Crippen LogP contribution is -2.33. The highest BCUT2D eigenvalue weighted by molar-refractivity contribution is 5.91. The van der Waals surface area contributed by atoms with Crippen molar-refractivity contribution >= 4 is 17.9 Å². The zero-order valence-corrected chi connectivity index (χ0v) is 14.2. The molecule has 3 aromatic rings. The molecule has 3 aromatic heterocycles. The molecule has 0 aliphatic rings. The molecule has 0 amide bonds. The van der Waals surface area contributed by atoms with Gasteiger partial charge in [0.15, 0.2) is 0 Å². The maximum Gasteiger partial charge on any atom is 0.364 e. The van der Waals surface area contributed by atoms with E-state index in [1.54, 1.807) is 0 Å². The first-order chi connectivity index (χ1) is 13.6. The second-order valence-corrected chi connectivity index (χ2v) is 5.07. The van der Waals surface area contributed by atoms with Gasteiger partial charge in [0.25, 0.3) is 0 Å². The molecule has 0 atom stereocenters. The maximum atomic E-state index is 12.2. The fourth-order valence-corrected chi connectivity index (χ4v) is 1.88. The van der Waals surface area contributed by atoms with Gasteiger partial charge < -0.3 is 0 Å². The Morgan fingerprint density at radius 3 is 1.04 bits per heavy atom. The van der Waals surface area contributed by atoms with Crippen molar-refractivity contribution in [2.75, 3.05) is 0 Å². The Morgan fingerprint density at radius 2 is 0.786 bits per heavy atom. The third kappa shape index (κ3) is 4.93. The zero-order valence-electron chi connectivity index (χ0n) is 14.2. The van der Waals surface area contributed by atoms with E-state index in [2.05, 4.69) is 15.0 Å². The average Bonchev–Trinajstić information content (AvgIpc) is 2.75. The van der Waals surface area contributed by atoms with Gasteiger partial charge in [-0.05, 0) is 36.4 Å². The van der Waals surface area contributed by atoms with Crippen molar-refractivity contribution in [2.24, 2.45) is 0 Å². The van der Waals surface area contributed by atoms with Gasteiger partial charge in [-0.15, -0.1) is 0 Å². The Labute approximate surface area is 158 Å². The Morgan fingerprint density at radius 1 is 0.536 bits per heavy atom. The van der Waals surface area contributed by atoms with E-state index in [-0.39, 0.29) is 22.1 Å². The molecule has 10 heteroatoms. The Hall–Kier alpha value is -4.18. The van der Waals surface area contributed by atoms with Crippen LogP contribution in [0.1, 0.15) is 31.1 Å². The first-order valence-electron chi connectivity index (χ1n) is 7.80. The molecule has 0 saturated heterocycles. The summed E-state index contributed by atoms with van der Waals surface area (Å²) < 4.78 is 0. The highest BCUT2D eigenvalue weighted by atomic mass is 17.2. The van der Waals surface area contributed by atoms with E-state index >= 15 is 0 Å². The van der Waals surface area contributed by atoms with Crippen LogP contribution in [0.25, 0.3) is 0 Å². The Balaban J connectivity index is 1.76. The molecule has 10 nitrogen and oxygen atoms in total. The standard InChI is InChI=1S/C18H12N4O6/c23-16(13-1-7-19-8-2-13)26-22(27-17(24)14-3-9-20-10-4-14)28-18(25)15-5-11-21-12-6-15/h1-12H. The highest BCUT2D eigenvalue weighted by Gasteiger charge is 2.25. The second-order valence-electron chi connectivity index (χ2n) is 5.07. The molecule has 28 heavy (non-hydrogen) atoms. The van der Waals surface area contributed by atoms with Gasteiger partial charge in [-0.2, -0.15) is 0 Å². The van der Waals surface area contributed by atoms with E-state index in [4.69, 9.17) is 14.5 Å². The van der Waals surface area contributed by atoms with Gasteiger partial charge in [0.1, 0.15) is 0 Å². The van der Waals surface area contributed by atoms with Gasteiger partial charge in [-0.1, -0.05) is 0 Å². The molecule has 3 rings (SSSR count). The molecule has 3 heterocycles. The van der Waals surface area contributed by atoms with Crippen LogP contribution >= 0.6 is 0 Å². The number of rotatable bonds is 6. The van der Waals surface area contributed by atoms with Crippen LogP contribution in [0, 0.1) is 0 Å². The first-order valence-corrected chi connectivity index (χ1v) is 7.80. The quantitative estimate of drug-likeness (QED) is 0.585. The minimum Gasteiger partial charge on any atom is -0.295 e. The van der Waals surface area contributed by atoms with E-state index in [0.717, 1.165) is 0 Å². The number of pyridine rings is 3. The predicted octanol–water partition coefficient (Wildman–Crippen LogP) is 1.79.